The Morgan fingerprint density at radius 1 is 1.00 bits per heavy atom. The molecule has 1 N–H and O–H groups in total. The van der Waals surface area contributed by atoms with Gasteiger partial charge in [0.2, 0.25) is 0 Å². The molecule has 7 nitrogen and oxygen atoms in total. The highest BCUT2D eigenvalue weighted by Crippen LogP contribution is 2.24. The molecule has 2 heterocycles. The van der Waals surface area contributed by atoms with E-state index < -0.39 is 15.6 Å². The second-order valence-corrected chi connectivity index (χ2v) is 8.53. The zero-order valence-electron chi connectivity index (χ0n) is 16.2. The van der Waals surface area contributed by atoms with E-state index in [1.807, 2.05) is 37.3 Å². The van der Waals surface area contributed by atoms with Crippen LogP contribution in [-0.4, -0.2) is 22.8 Å². The molecule has 0 atom stereocenters. The van der Waals surface area contributed by atoms with E-state index in [1.165, 1.54) is 10.7 Å². The van der Waals surface area contributed by atoms with Gasteiger partial charge in [-0.15, -0.1) is 0 Å². The van der Waals surface area contributed by atoms with E-state index in [9.17, 15) is 13.2 Å². The summed E-state index contributed by atoms with van der Waals surface area (Å²) in [6, 6.07) is 15.9. The van der Waals surface area contributed by atoms with Gasteiger partial charge >= 0.3 is 0 Å². The van der Waals surface area contributed by atoms with Gasteiger partial charge in [0.25, 0.3) is 15.6 Å². The molecule has 4 aromatic rings. The van der Waals surface area contributed by atoms with Gasteiger partial charge in [0.15, 0.2) is 0 Å². The van der Waals surface area contributed by atoms with Crippen molar-refractivity contribution in [3.05, 3.63) is 82.4 Å². The van der Waals surface area contributed by atoms with E-state index >= 15 is 0 Å². The van der Waals surface area contributed by atoms with Crippen molar-refractivity contribution in [3.63, 3.8) is 0 Å². The van der Waals surface area contributed by atoms with E-state index in [-0.39, 0.29) is 10.6 Å². The molecule has 0 amide bonds. The van der Waals surface area contributed by atoms with Gasteiger partial charge in [0.1, 0.15) is 10.6 Å². The van der Waals surface area contributed by atoms with Crippen LogP contribution in [0.25, 0.3) is 16.6 Å². The quantitative estimate of drug-likeness (QED) is 0.562. The molecule has 2 aromatic heterocycles. The predicted molar refractivity (Wildman–Crippen MR) is 113 cm³/mol. The minimum Gasteiger partial charge on any atom is -0.283 e. The Kier molecular flexibility index (Phi) is 4.50. The van der Waals surface area contributed by atoms with Crippen molar-refractivity contribution in [2.45, 2.75) is 18.7 Å². The van der Waals surface area contributed by atoms with Crippen molar-refractivity contribution in [3.8, 4) is 5.69 Å². The van der Waals surface area contributed by atoms with Gasteiger partial charge in [-0.1, -0.05) is 30.3 Å². The van der Waals surface area contributed by atoms with Gasteiger partial charge in [-0.25, -0.2) is 13.1 Å². The number of benzene rings is 2. The number of nitrogens with one attached hydrogen (secondary N) is 1. The summed E-state index contributed by atoms with van der Waals surface area (Å²) in [5.41, 5.74) is 2.03. The average Bonchev–Trinajstić information content (AvgIpc) is 2.91. The Morgan fingerprint density at radius 2 is 1.72 bits per heavy atom. The lowest BCUT2D eigenvalue weighted by Gasteiger charge is -2.09. The number of aromatic nitrogens is 3. The van der Waals surface area contributed by atoms with Crippen LogP contribution in [0.3, 0.4) is 0 Å². The van der Waals surface area contributed by atoms with Crippen LogP contribution in [0.1, 0.15) is 11.3 Å². The van der Waals surface area contributed by atoms with Gasteiger partial charge in [-0.2, -0.15) is 0 Å². The second-order valence-electron chi connectivity index (χ2n) is 6.88. The molecular formula is C21H20N4O3S. The van der Waals surface area contributed by atoms with Crippen LogP contribution in [0, 0.1) is 13.8 Å². The topological polar surface area (TPSA) is 86.0 Å². The Hall–Kier alpha value is -3.39. The highest BCUT2D eigenvalue weighted by molar-refractivity contribution is 7.93. The zero-order valence-corrected chi connectivity index (χ0v) is 17.1. The molecule has 0 fully saturated rings. The summed E-state index contributed by atoms with van der Waals surface area (Å²) in [4.78, 5) is 17.4. The fourth-order valence-corrected chi connectivity index (χ4v) is 4.63. The molecule has 0 spiro atoms. The second kappa shape index (κ2) is 6.89. The molecule has 0 saturated heterocycles. The van der Waals surface area contributed by atoms with Gasteiger partial charge in [0, 0.05) is 18.6 Å². The summed E-state index contributed by atoms with van der Waals surface area (Å²) < 4.78 is 31.8. The van der Waals surface area contributed by atoms with E-state index in [2.05, 4.69) is 9.71 Å². The standard InChI is InChI=1S/C21H20N4O3S/c1-14-12-16-8-7-11-18(20(16)22-13-14)29(27,28)23-19-15(2)24(3)25(21(19)26)17-9-5-4-6-10-17/h4-13,23H,1-3H3. The molecule has 0 saturated carbocycles. The first kappa shape index (κ1) is 18.9. The van der Waals surface area contributed by atoms with Crippen LogP contribution < -0.4 is 10.3 Å². The van der Waals surface area contributed by atoms with Crippen molar-refractivity contribution in [2.75, 3.05) is 4.72 Å². The number of hydrogen-bond acceptors (Lipinski definition) is 4. The molecular weight excluding hydrogens is 388 g/mol. The SMILES string of the molecule is Cc1cnc2c(S(=O)(=O)Nc3c(C)n(C)n(-c4ccccc4)c3=O)cccc2c1. The monoisotopic (exact) mass is 408 g/mol. The van der Waals surface area contributed by atoms with Crippen LogP contribution in [0.4, 0.5) is 5.69 Å². The highest BCUT2D eigenvalue weighted by Gasteiger charge is 2.24. The first-order valence-electron chi connectivity index (χ1n) is 9.02. The lowest BCUT2D eigenvalue weighted by Crippen LogP contribution is -2.23. The summed E-state index contributed by atoms with van der Waals surface area (Å²) >= 11 is 0. The van der Waals surface area contributed by atoms with Crippen LogP contribution >= 0.6 is 0 Å². The molecule has 0 unspecified atom stereocenters. The van der Waals surface area contributed by atoms with E-state index in [1.54, 1.807) is 43.0 Å². The normalized spacial score (nSPS) is 11.7. The lowest BCUT2D eigenvalue weighted by atomic mass is 10.2. The van der Waals surface area contributed by atoms with Crippen molar-refractivity contribution < 1.29 is 8.42 Å². The fraction of sp³-hybridized carbons (Fsp3) is 0.143. The summed E-state index contributed by atoms with van der Waals surface area (Å²) in [7, 11) is -2.31. The molecule has 8 heteroatoms. The Labute approximate surface area is 168 Å². The molecule has 148 valence electrons. The highest BCUT2D eigenvalue weighted by atomic mass is 32.2. The van der Waals surface area contributed by atoms with Crippen LogP contribution in [0.5, 0.6) is 0 Å². The summed E-state index contributed by atoms with van der Waals surface area (Å²) in [5, 5.41) is 0.722. The number of hydrogen-bond donors (Lipinski definition) is 1. The number of fused-ring (bicyclic) bond motifs is 1. The van der Waals surface area contributed by atoms with Crippen molar-refractivity contribution in [1.29, 1.82) is 0 Å². The number of para-hydroxylation sites is 2. The third kappa shape index (κ3) is 3.21. The number of pyridine rings is 1. The minimum atomic E-state index is -4.02. The third-order valence-electron chi connectivity index (χ3n) is 4.89. The Bertz CT molecular complexity index is 1390. The van der Waals surface area contributed by atoms with Gasteiger partial charge in [-0.3, -0.25) is 19.2 Å². The summed E-state index contributed by atoms with van der Waals surface area (Å²) in [6.07, 6.45) is 1.62. The van der Waals surface area contributed by atoms with Gasteiger partial charge < -0.3 is 0 Å². The molecule has 0 aliphatic rings. The molecule has 0 aliphatic heterocycles. The number of nitrogens with zero attached hydrogens (tertiary/aromatic N) is 3. The van der Waals surface area contributed by atoms with Crippen LogP contribution in [0.2, 0.25) is 0 Å². The number of aryl methyl sites for hydroxylation is 1. The first-order chi connectivity index (χ1) is 13.8. The van der Waals surface area contributed by atoms with Gasteiger partial charge in [0.05, 0.1) is 16.9 Å². The summed E-state index contributed by atoms with van der Waals surface area (Å²) in [5.74, 6) is 0. The van der Waals surface area contributed by atoms with Gasteiger partial charge in [-0.05, 0) is 43.7 Å². The number of anilines is 1. The lowest BCUT2D eigenvalue weighted by molar-refractivity contribution is 0.602. The number of rotatable bonds is 4. The smallest absolute Gasteiger partial charge is 0.283 e. The Morgan fingerprint density at radius 3 is 2.45 bits per heavy atom. The average molecular weight is 408 g/mol. The predicted octanol–water partition coefficient (Wildman–Crippen LogP) is 3.14. The van der Waals surface area contributed by atoms with E-state index in [0.717, 1.165) is 10.9 Å². The third-order valence-corrected chi connectivity index (χ3v) is 6.27. The maximum absolute atomic E-state index is 13.2. The zero-order chi connectivity index (χ0) is 20.8. The molecule has 4 rings (SSSR count). The largest absolute Gasteiger partial charge is 0.296 e. The first-order valence-corrected chi connectivity index (χ1v) is 10.5. The van der Waals surface area contributed by atoms with Crippen LogP contribution in [-0.2, 0) is 17.1 Å². The fourth-order valence-electron chi connectivity index (χ4n) is 3.33. The van der Waals surface area contributed by atoms with Crippen LogP contribution in [0.15, 0.2) is 70.5 Å². The van der Waals surface area contributed by atoms with Crippen molar-refractivity contribution in [2.24, 2.45) is 7.05 Å². The maximum Gasteiger partial charge on any atom is 0.296 e. The minimum absolute atomic E-state index is 0.0143. The maximum atomic E-state index is 13.2. The van der Waals surface area contributed by atoms with E-state index in [0.29, 0.717) is 16.9 Å². The molecule has 0 radical (unpaired) electrons. The number of sulfonamides is 1. The van der Waals surface area contributed by atoms with E-state index in [4.69, 9.17) is 0 Å². The van der Waals surface area contributed by atoms with Crippen molar-refractivity contribution in [1.82, 2.24) is 14.3 Å². The molecule has 0 aliphatic carbocycles. The molecule has 29 heavy (non-hydrogen) atoms. The molecule has 0 bridgehead atoms. The molecule has 2 aromatic carbocycles. The summed E-state index contributed by atoms with van der Waals surface area (Å²) in [6.45, 7) is 3.59. The van der Waals surface area contributed by atoms with Crippen molar-refractivity contribution >= 4 is 26.6 Å². The Balaban J connectivity index is 1.84.